The van der Waals surface area contributed by atoms with Gasteiger partial charge in [-0.3, -0.25) is 4.99 Å². The monoisotopic (exact) mass is 210 g/mol. The van der Waals surface area contributed by atoms with Crippen LogP contribution in [-0.4, -0.2) is 38.5 Å². The zero-order chi connectivity index (χ0) is 11.5. The molecule has 3 nitrogen and oxygen atoms in total. The first kappa shape index (κ1) is 13.9. The Bertz CT molecular complexity index is 232. The summed E-state index contributed by atoms with van der Waals surface area (Å²) in [5, 5.41) is 0. The molecular weight excluding hydrogens is 188 g/mol. The van der Waals surface area contributed by atoms with Gasteiger partial charge in [-0.15, -0.1) is 0 Å². The highest BCUT2D eigenvalue weighted by molar-refractivity contribution is 5.58. The predicted octanol–water partition coefficient (Wildman–Crippen LogP) is 2.46. The smallest absolute Gasteiger partial charge is 0.0888 e. The minimum absolute atomic E-state index is 0.669. The van der Waals surface area contributed by atoms with Crippen LogP contribution in [0.5, 0.6) is 0 Å². The van der Waals surface area contributed by atoms with Gasteiger partial charge in [0.15, 0.2) is 0 Å². The number of hydrogen-bond donors (Lipinski definition) is 0. The highest BCUT2D eigenvalue weighted by atomic mass is 16.5. The van der Waals surface area contributed by atoms with Crippen molar-refractivity contribution in [1.82, 2.24) is 4.90 Å². The SMILES string of the molecule is C/C=C(\C=C/COCCC)N(C)C=NC. The number of ether oxygens (including phenoxy) is 1. The molecule has 0 spiro atoms. The third-order valence-electron chi connectivity index (χ3n) is 1.84. The van der Waals surface area contributed by atoms with Crippen molar-refractivity contribution < 1.29 is 4.74 Å². The lowest BCUT2D eigenvalue weighted by molar-refractivity contribution is 0.163. The first-order valence-electron chi connectivity index (χ1n) is 5.32. The van der Waals surface area contributed by atoms with E-state index in [0.717, 1.165) is 18.7 Å². The molecule has 0 N–H and O–H groups in total. The molecule has 0 fully saturated rings. The lowest BCUT2D eigenvalue weighted by atomic mass is 10.3. The predicted molar refractivity (Wildman–Crippen MR) is 66.2 cm³/mol. The minimum atomic E-state index is 0.669. The van der Waals surface area contributed by atoms with Gasteiger partial charge in [-0.1, -0.05) is 19.1 Å². The number of likely N-dealkylation sites (N-methyl/N-ethyl adjacent to an activating group) is 1. The van der Waals surface area contributed by atoms with E-state index in [0.29, 0.717) is 6.61 Å². The molecule has 0 saturated carbocycles. The average Bonchev–Trinajstić information content (AvgIpc) is 2.23. The summed E-state index contributed by atoms with van der Waals surface area (Å²) in [5.74, 6) is 0. The molecule has 0 saturated heterocycles. The molecule has 86 valence electrons. The third kappa shape index (κ3) is 6.91. The van der Waals surface area contributed by atoms with E-state index in [1.54, 1.807) is 13.4 Å². The molecule has 0 heterocycles. The minimum Gasteiger partial charge on any atom is -0.377 e. The fourth-order valence-electron chi connectivity index (χ4n) is 1.12. The zero-order valence-electron chi connectivity index (χ0n) is 10.2. The lowest BCUT2D eigenvalue weighted by Gasteiger charge is -2.13. The standard InChI is InChI=1S/C12H22N2O/c1-5-9-15-10-7-8-12(6-2)14(4)11-13-3/h6-8,11H,5,9-10H2,1-4H3/b8-7-,12-6+,13-11?. The van der Waals surface area contributed by atoms with Crippen molar-refractivity contribution in [3.05, 3.63) is 23.9 Å². The Hall–Kier alpha value is -1.09. The molecule has 0 aromatic rings. The van der Waals surface area contributed by atoms with Crippen LogP contribution in [0.25, 0.3) is 0 Å². The van der Waals surface area contributed by atoms with E-state index in [2.05, 4.69) is 11.9 Å². The Morgan fingerprint density at radius 1 is 1.47 bits per heavy atom. The van der Waals surface area contributed by atoms with Gasteiger partial charge in [-0.25, -0.2) is 0 Å². The molecule has 0 aliphatic rings. The summed E-state index contributed by atoms with van der Waals surface area (Å²) in [4.78, 5) is 5.93. The van der Waals surface area contributed by atoms with E-state index in [1.807, 2.05) is 37.1 Å². The van der Waals surface area contributed by atoms with Crippen LogP contribution in [-0.2, 0) is 4.74 Å². The maximum absolute atomic E-state index is 5.35. The van der Waals surface area contributed by atoms with Crippen molar-refractivity contribution in [1.29, 1.82) is 0 Å². The van der Waals surface area contributed by atoms with Gasteiger partial charge in [0.05, 0.1) is 12.9 Å². The Balaban J connectivity index is 3.99. The Morgan fingerprint density at radius 3 is 2.73 bits per heavy atom. The van der Waals surface area contributed by atoms with Crippen molar-refractivity contribution >= 4 is 6.34 Å². The topological polar surface area (TPSA) is 24.8 Å². The molecule has 3 heteroatoms. The second kappa shape index (κ2) is 9.46. The second-order valence-corrected chi connectivity index (χ2v) is 3.18. The van der Waals surface area contributed by atoms with Crippen LogP contribution in [0.4, 0.5) is 0 Å². The van der Waals surface area contributed by atoms with Crippen LogP contribution in [0.1, 0.15) is 20.3 Å². The van der Waals surface area contributed by atoms with E-state index in [-0.39, 0.29) is 0 Å². The quantitative estimate of drug-likeness (QED) is 0.279. The van der Waals surface area contributed by atoms with E-state index in [9.17, 15) is 0 Å². The molecule has 0 aromatic heterocycles. The maximum atomic E-state index is 5.35. The molecule has 0 atom stereocenters. The highest BCUT2D eigenvalue weighted by Crippen LogP contribution is 2.00. The molecule has 0 amide bonds. The van der Waals surface area contributed by atoms with Crippen LogP contribution in [0.2, 0.25) is 0 Å². The summed E-state index contributed by atoms with van der Waals surface area (Å²) in [6, 6.07) is 0. The molecular formula is C12H22N2O. The van der Waals surface area contributed by atoms with Crippen LogP contribution in [0, 0.1) is 0 Å². The van der Waals surface area contributed by atoms with Gasteiger partial charge in [-0.2, -0.15) is 0 Å². The average molecular weight is 210 g/mol. The summed E-state index contributed by atoms with van der Waals surface area (Å²) in [7, 11) is 3.73. The van der Waals surface area contributed by atoms with Crippen molar-refractivity contribution in [3.63, 3.8) is 0 Å². The fraction of sp³-hybridized carbons (Fsp3) is 0.583. The Morgan fingerprint density at radius 2 is 2.20 bits per heavy atom. The Kier molecular flexibility index (Phi) is 8.78. The Labute approximate surface area is 93.1 Å². The van der Waals surface area contributed by atoms with Gasteiger partial charge in [0.1, 0.15) is 0 Å². The molecule has 0 aliphatic carbocycles. The molecule has 0 aliphatic heterocycles. The normalized spacial score (nSPS) is 12.9. The van der Waals surface area contributed by atoms with E-state index in [1.165, 1.54) is 0 Å². The van der Waals surface area contributed by atoms with Gasteiger partial charge in [0, 0.05) is 26.4 Å². The first-order chi connectivity index (χ1) is 7.26. The van der Waals surface area contributed by atoms with Crippen molar-refractivity contribution in [2.45, 2.75) is 20.3 Å². The number of rotatable bonds is 7. The van der Waals surface area contributed by atoms with E-state index >= 15 is 0 Å². The van der Waals surface area contributed by atoms with Crippen LogP contribution < -0.4 is 0 Å². The molecule has 0 bridgehead atoms. The van der Waals surface area contributed by atoms with E-state index < -0.39 is 0 Å². The summed E-state index contributed by atoms with van der Waals surface area (Å²) in [5.41, 5.74) is 1.11. The molecule has 0 aromatic carbocycles. The molecule has 0 rings (SSSR count). The summed E-state index contributed by atoms with van der Waals surface area (Å²) >= 11 is 0. The van der Waals surface area contributed by atoms with Crippen molar-refractivity contribution in [2.24, 2.45) is 4.99 Å². The molecule has 0 radical (unpaired) electrons. The van der Waals surface area contributed by atoms with Gasteiger partial charge in [-0.05, 0) is 19.4 Å². The number of aliphatic imine (C=N–C) groups is 1. The maximum Gasteiger partial charge on any atom is 0.0888 e. The largest absolute Gasteiger partial charge is 0.377 e. The van der Waals surface area contributed by atoms with Crippen molar-refractivity contribution in [3.8, 4) is 0 Å². The number of hydrogen-bond acceptors (Lipinski definition) is 2. The van der Waals surface area contributed by atoms with Gasteiger partial charge in [0.25, 0.3) is 0 Å². The van der Waals surface area contributed by atoms with E-state index in [4.69, 9.17) is 4.74 Å². The number of allylic oxidation sites excluding steroid dienone is 2. The van der Waals surface area contributed by atoms with Gasteiger partial charge in [0.2, 0.25) is 0 Å². The third-order valence-corrected chi connectivity index (χ3v) is 1.84. The molecule has 15 heavy (non-hydrogen) atoms. The fourth-order valence-corrected chi connectivity index (χ4v) is 1.12. The van der Waals surface area contributed by atoms with Gasteiger partial charge < -0.3 is 9.64 Å². The van der Waals surface area contributed by atoms with Crippen LogP contribution in [0.3, 0.4) is 0 Å². The summed E-state index contributed by atoms with van der Waals surface area (Å²) < 4.78 is 5.35. The van der Waals surface area contributed by atoms with Crippen molar-refractivity contribution in [2.75, 3.05) is 27.3 Å². The summed E-state index contributed by atoms with van der Waals surface area (Å²) in [6.45, 7) is 5.60. The van der Waals surface area contributed by atoms with Gasteiger partial charge >= 0.3 is 0 Å². The molecule has 0 unspecified atom stereocenters. The van der Waals surface area contributed by atoms with Crippen LogP contribution in [0.15, 0.2) is 28.9 Å². The lowest BCUT2D eigenvalue weighted by Crippen LogP contribution is -2.13. The highest BCUT2D eigenvalue weighted by Gasteiger charge is 1.94. The van der Waals surface area contributed by atoms with Crippen LogP contribution >= 0.6 is 0 Å². The summed E-state index contributed by atoms with van der Waals surface area (Å²) in [6.07, 6.45) is 8.94. The zero-order valence-corrected chi connectivity index (χ0v) is 10.2. The second-order valence-electron chi connectivity index (χ2n) is 3.18. The number of nitrogens with zero attached hydrogens (tertiary/aromatic N) is 2. The first-order valence-corrected chi connectivity index (χ1v) is 5.32.